The van der Waals surface area contributed by atoms with Gasteiger partial charge in [0.05, 0.1) is 11.8 Å². The fourth-order valence-electron chi connectivity index (χ4n) is 3.19. The zero-order valence-corrected chi connectivity index (χ0v) is 17.3. The van der Waals surface area contributed by atoms with Gasteiger partial charge in [-0.1, -0.05) is 18.2 Å². The highest BCUT2D eigenvalue weighted by Crippen LogP contribution is 2.34. The number of thioether (sulfide) groups is 1. The number of urea groups is 1. The first-order valence-electron chi connectivity index (χ1n) is 9.16. The molecule has 0 aromatic heterocycles. The summed E-state index contributed by atoms with van der Waals surface area (Å²) in [6.45, 7) is 5.88. The van der Waals surface area contributed by atoms with E-state index in [1.165, 1.54) is 11.9 Å². The number of benzene rings is 2. The van der Waals surface area contributed by atoms with Gasteiger partial charge in [-0.3, -0.25) is 4.79 Å². The van der Waals surface area contributed by atoms with Crippen LogP contribution in [0, 0.1) is 0 Å². The van der Waals surface area contributed by atoms with Crippen molar-refractivity contribution in [1.82, 2.24) is 10.3 Å². The van der Waals surface area contributed by atoms with Crippen molar-refractivity contribution in [3.8, 4) is 0 Å². The number of hydrazone groups is 1. The van der Waals surface area contributed by atoms with Crippen molar-refractivity contribution in [1.29, 1.82) is 0 Å². The molecule has 2 aromatic carbocycles. The molecule has 0 saturated heterocycles. The Balaban J connectivity index is 2.08. The molecule has 1 aliphatic heterocycles. The summed E-state index contributed by atoms with van der Waals surface area (Å²) in [4.78, 5) is 24.9. The highest BCUT2D eigenvalue weighted by Gasteiger charge is 2.30. The molecule has 3 amide bonds. The molecule has 6 nitrogen and oxygen atoms in total. The van der Waals surface area contributed by atoms with Gasteiger partial charge in [0.1, 0.15) is 0 Å². The maximum atomic E-state index is 12.5. The Morgan fingerprint density at radius 2 is 1.89 bits per heavy atom. The van der Waals surface area contributed by atoms with Gasteiger partial charge in [-0.05, 0) is 49.9 Å². The van der Waals surface area contributed by atoms with Crippen molar-refractivity contribution >= 4 is 35.1 Å². The molecule has 3 rings (SSSR count). The third-order valence-corrected chi connectivity index (χ3v) is 5.28. The molecule has 1 unspecified atom stereocenters. The Hall–Kier alpha value is -2.80. The summed E-state index contributed by atoms with van der Waals surface area (Å²) in [5, 5.41) is 11.8. The molecular weight excluding hydrogens is 372 g/mol. The highest BCUT2D eigenvalue weighted by atomic mass is 32.2. The van der Waals surface area contributed by atoms with Crippen molar-refractivity contribution in [2.45, 2.75) is 31.7 Å². The molecule has 0 bridgehead atoms. The quantitative estimate of drug-likeness (QED) is 0.760. The molecule has 0 aliphatic carbocycles. The van der Waals surface area contributed by atoms with Crippen LogP contribution >= 0.6 is 11.8 Å². The number of carbonyl (C=O) groups excluding carboxylic acids is 2. The van der Waals surface area contributed by atoms with Gasteiger partial charge in [0.25, 0.3) is 0 Å². The first-order chi connectivity index (χ1) is 13.4. The molecule has 7 heteroatoms. The van der Waals surface area contributed by atoms with Crippen LogP contribution in [0.15, 0.2) is 52.5 Å². The molecule has 1 heterocycles. The van der Waals surface area contributed by atoms with E-state index in [1.54, 1.807) is 11.8 Å². The number of hydrogen-bond donors (Lipinski definition) is 2. The minimum Gasteiger partial charge on any atom is -0.337 e. The lowest BCUT2D eigenvalue weighted by molar-refractivity contribution is -0.114. The highest BCUT2D eigenvalue weighted by molar-refractivity contribution is 7.98. The summed E-state index contributed by atoms with van der Waals surface area (Å²) in [5.41, 5.74) is 4.42. The zero-order valence-electron chi connectivity index (χ0n) is 16.4. The number of hydrogen-bond acceptors (Lipinski definition) is 4. The van der Waals surface area contributed by atoms with Crippen LogP contribution in [0.3, 0.4) is 0 Å². The summed E-state index contributed by atoms with van der Waals surface area (Å²) in [5.74, 6) is -0.117. The third-order valence-electron chi connectivity index (χ3n) is 4.56. The number of amides is 3. The van der Waals surface area contributed by atoms with Gasteiger partial charge in [-0.2, -0.15) is 5.10 Å². The van der Waals surface area contributed by atoms with Gasteiger partial charge in [0.2, 0.25) is 5.91 Å². The summed E-state index contributed by atoms with van der Waals surface area (Å²) in [6, 6.07) is 13.4. The average molecular weight is 397 g/mol. The van der Waals surface area contributed by atoms with Gasteiger partial charge >= 0.3 is 6.03 Å². The Kier molecular flexibility index (Phi) is 6.04. The van der Waals surface area contributed by atoms with E-state index in [4.69, 9.17) is 5.10 Å². The number of anilines is 1. The van der Waals surface area contributed by atoms with Crippen LogP contribution in [0.5, 0.6) is 0 Å². The first-order valence-corrected chi connectivity index (χ1v) is 10.4. The lowest BCUT2D eigenvalue weighted by Crippen LogP contribution is -2.41. The number of nitrogens with zero attached hydrogens (tertiary/aromatic N) is 2. The monoisotopic (exact) mass is 396 g/mol. The van der Waals surface area contributed by atoms with Crippen LogP contribution in [0.2, 0.25) is 0 Å². The van der Waals surface area contributed by atoms with Crippen LogP contribution in [-0.2, 0) is 4.79 Å². The lowest BCUT2D eigenvalue weighted by Gasteiger charge is -2.32. The second kappa shape index (κ2) is 8.48. The van der Waals surface area contributed by atoms with Crippen molar-refractivity contribution in [3.05, 3.63) is 59.2 Å². The predicted molar refractivity (Wildman–Crippen MR) is 114 cm³/mol. The van der Waals surface area contributed by atoms with E-state index in [2.05, 4.69) is 28.8 Å². The number of nitrogens with one attached hydrogen (secondary N) is 2. The van der Waals surface area contributed by atoms with Crippen LogP contribution in [0.25, 0.3) is 0 Å². The summed E-state index contributed by atoms with van der Waals surface area (Å²) in [7, 11) is 0. The van der Waals surface area contributed by atoms with E-state index in [0.717, 1.165) is 33.0 Å². The topological polar surface area (TPSA) is 73.8 Å². The second-order valence-corrected chi connectivity index (χ2v) is 7.40. The van der Waals surface area contributed by atoms with E-state index in [9.17, 15) is 9.59 Å². The number of carbonyl (C=O) groups is 2. The molecule has 146 valence electrons. The molecule has 1 atom stereocenters. The molecule has 2 N–H and O–H groups in total. The van der Waals surface area contributed by atoms with E-state index < -0.39 is 0 Å². The van der Waals surface area contributed by atoms with E-state index in [1.807, 2.05) is 44.4 Å². The Morgan fingerprint density at radius 3 is 2.50 bits per heavy atom. The second-order valence-electron chi connectivity index (χ2n) is 6.52. The van der Waals surface area contributed by atoms with Crippen molar-refractivity contribution in [2.24, 2.45) is 5.10 Å². The summed E-state index contributed by atoms with van der Waals surface area (Å²) in [6.07, 6.45) is 2.04. The standard InChI is InChI=1S/C21H24N4O2S/c1-5-22-21(27)25-13(2)18-11-10-17(28-4)12-19(18)20(24-25)15-6-8-16(9-7-15)23-14(3)26/h6-13H,5H2,1-4H3,(H,22,27)(H,23,26). The fraction of sp³-hybridized carbons (Fsp3) is 0.286. The van der Waals surface area contributed by atoms with Gasteiger partial charge in [0, 0.05) is 35.2 Å². The fourth-order valence-corrected chi connectivity index (χ4v) is 3.63. The molecule has 0 radical (unpaired) electrons. The third kappa shape index (κ3) is 4.04. The molecule has 0 saturated carbocycles. The average Bonchev–Trinajstić information content (AvgIpc) is 2.68. The van der Waals surface area contributed by atoms with Crippen LogP contribution in [0.4, 0.5) is 10.5 Å². The number of rotatable bonds is 4. The van der Waals surface area contributed by atoms with Crippen LogP contribution < -0.4 is 10.6 Å². The van der Waals surface area contributed by atoms with Crippen molar-refractivity contribution in [3.63, 3.8) is 0 Å². The maximum Gasteiger partial charge on any atom is 0.338 e. The minimum absolute atomic E-state index is 0.117. The van der Waals surface area contributed by atoms with Crippen LogP contribution in [-0.4, -0.2) is 35.5 Å². The molecule has 1 aliphatic rings. The van der Waals surface area contributed by atoms with Crippen molar-refractivity contribution < 1.29 is 9.59 Å². The SMILES string of the molecule is CCNC(=O)N1N=C(c2ccc(NC(C)=O)cc2)c2cc(SC)ccc2C1C. The first kappa shape index (κ1) is 19.9. The molecule has 28 heavy (non-hydrogen) atoms. The predicted octanol–water partition coefficient (Wildman–Crippen LogP) is 4.23. The largest absolute Gasteiger partial charge is 0.338 e. The normalized spacial score (nSPS) is 15.5. The molecular formula is C21H24N4O2S. The Morgan fingerprint density at radius 1 is 1.18 bits per heavy atom. The molecule has 0 fully saturated rings. The summed E-state index contributed by atoms with van der Waals surface area (Å²) >= 11 is 1.67. The maximum absolute atomic E-state index is 12.5. The number of fused-ring (bicyclic) bond motifs is 1. The van der Waals surface area contributed by atoms with Gasteiger partial charge in [-0.25, -0.2) is 9.80 Å². The van der Waals surface area contributed by atoms with Gasteiger partial charge in [0.15, 0.2) is 0 Å². The smallest absolute Gasteiger partial charge is 0.337 e. The van der Waals surface area contributed by atoms with Crippen LogP contribution in [0.1, 0.15) is 43.5 Å². The molecule has 0 spiro atoms. The van der Waals surface area contributed by atoms with Gasteiger partial charge in [-0.15, -0.1) is 11.8 Å². The van der Waals surface area contributed by atoms with Gasteiger partial charge < -0.3 is 10.6 Å². The van der Waals surface area contributed by atoms with E-state index in [-0.39, 0.29) is 18.0 Å². The van der Waals surface area contributed by atoms with Crippen molar-refractivity contribution in [2.75, 3.05) is 18.1 Å². The zero-order chi connectivity index (χ0) is 20.3. The summed E-state index contributed by atoms with van der Waals surface area (Å²) < 4.78 is 0. The molecule has 2 aromatic rings. The Bertz CT molecular complexity index is 925. The minimum atomic E-state index is -0.220. The lowest BCUT2D eigenvalue weighted by atomic mass is 9.92. The van der Waals surface area contributed by atoms with E-state index in [0.29, 0.717) is 6.54 Å². The Labute approximate surface area is 169 Å². The van der Waals surface area contributed by atoms with E-state index >= 15 is 0 Å².